The maximum absolute atomic E-state index is 13.6. The summed E-state index contributed by atoms with van der Waals surface area (Å²) in [5, 5.41) is 12.5. The molecule has 0 bridgehead atoms. The molecule has 1 aromatic carbocycles. The first-order valence-electron chi connectivity index (χ1n) is 12.1. The van der Waals surface area contributed by atoms with Gasteiger partial charge in [-0.05, 0) is 54.4 Å². The molecule has 1 aliphatic heterocycles. The summed E-state index contributed by atoms with van der Waals surface area (Å²) in [6.45, 7) is 9.28. The molecule has 0 aliphatic carbocycles. The molecule has 1 N–H and O–H groups in total. The summed E-state index contributed by atoms with van der Waals surface area (Å²) >= 11 is 1.70. The average Bonchev–Trinajstić information content (AvgIpc) is 3.26. The molecular formula is C26H37FN2O4S. The zero-order chi connectivity index (χ0) is 24.5. The van der Waals surface area contributed by atoms with Gasteiger partial charge in [-0.1, -0.05) is 26.8 Å². The third kappa shape index (κ3) is 7.77. The number of rotatable bonds is 13. The number of thiophene rings is 1. The van der Waals surface area contributed by atoms with Gasteiger partial charge in [0.25, 0.3) is 0 Å². The molecule has 2 atom stereocenters. The fourth-order valence-corrected chi connectivity index (χ4v) is 5.16. The molecule has 2 aromatic rings. The lowest BCUT2D eigenvalue weighted by atomic mass is 10.0. The maximum Gasteiger partial charge on any atom is 0.237 e. The van der Waals surface area contributed by atoms with Crippen LogP contribution in [0.3, 0.4) is 0 Å². The zero-order valence-corrected chi connectivity index (χ0v) is 21.2. The monoisotopic (exact) mass is 492 g/mol. The first-order chi connectivity index (χ1) is 16.4. The molecule has 1 amide bonds. The Morgan fingerprint density at radius 1 is 1.32 bits per heavy atom. The third-order valence-electron chi connectivity index (χ3n) is 5.75. The first-order valence-corrected chi connectivity index (χ1v) is 13.0. The van der Waals surface area contributed by atoms with Crippen molar-refractivity contribution in [3.63, 3.8) is 0 Å². The van der Waals surface area contributed by atoms with Crippen LogP contribution < -0.4 is 4.74 Å². The van der Waals surface area contributed by atoms with Gasteiger partial charge < -0.3 is 19.5 Å². The van der Waals surface area contributed by atoms with Crippen LogP contribution in [0.1, 0.15) is 43.7 Å². The summed E-state index contributed by atoms with van der Waals surface area (Å²) in [4.78, 5) is 18.6. The minimum absolute atomic E-state index is 0.00782. The molecule has 8 heteroatoms. The lowest BCUT2D eigenvalue weighted by Gasteiger charge is -2.37. The highest BCUT2D eigenvalue weighted by Crippen LogP contribution is 2.34. The highest BCUT2D eigenvalue weighted by atomic mass is 32.1. The SMILES string of the molecule is CCCN(CC(=O)N1CCc2sccc2[C@H]1COc1cccc(F)c1)C[C@H](O)COCC(C)C. The average molecular weight is 493 g/mol. The van der Waals surface area contributed by atoms with Crippen LogP contribution in [0.4, 0.5) is 4.39 Å². The maximum atomic E-state index is 13.6. The van der Waals surface area contributed by atoms with Crippen LogP contribution in [0.15, 0.2) is 35.7 Å². The number of halogens is 1. The lowest BCUT2D eigenvalue weighted by molar-refractivity contribution is -0.136. The van der Waals surface area contributed by atoms with Gasteiger partial charge in [0.1, 0.15) is 18.2 Å². The number of nitrogens with zero attached hydrogens (tertiary/aromatic N) is 2. The molecule has 0 unspecified atom stereocenters. The zero-order valence-electron chi connectivity index (χ0n) is 20.4. The molecular weight excluding hydrogens is 455 g/mol. The number of aliphatic hydroxyl groups excluding tert-OH is 1. The third-order valence-corrected chi connectivity index (χ3v) is 6.74. The van der Waals surface area contributed by atoms with Crippen molar-refractivity contribution in [2.45, 2.75) is 45.8 Å². The fraction of sp³-hybridized carbons (Fsp3) is 0.577. The Labute approximate surface area is 206 Å². The van der Waals surface area contributed by atoms with Crippen molar-refractivity contribution in [1.29, 1.82) is 0 Å². The molecule has 1 aliphatic rings. The van der Waals surface area contributed by atoms with Gasteiger partial charge in [-0.3, -0.25) is 9.69 Å². The number of amides is 1. The van der Waals surface area contributed by atoms with Gasteiger partial charge in [0.2, 0.25) is 5.91 Å². The standard InChI is InChI=1S/C26H37FN2O4S/c1-4-10-28(14-21(30)17-32-16-19(2)3)15-26(31)29-11-8-25-23(9-12-34-25)24(29)18-33-22-7-5-6-20(27)13-22/h5-7,9,12-13,19,21,24,30H,4,8,10-11,14-18H2,1-3H3/t21-,24+/m0/s1. The molecule has 0 spiro atoms. The van der Waals surface area contributed by atoms with Gasteiger partial charge in [-0.2, -0.15) is 0 Å². The molecule has 34 heavy (non-hydrogen) atoms. The smallest absolute Gasteiger partial charge is 0.237 e. The highest BCUT2D eigenvalue weighted by Gasteiger charge is 2.33. The van der Waals surface area contributed by atoms with Crippen molar-refractivity contribution in [3.8, 4) is 5.75 Å². The number of benzene rings is 1. The minimum atomic E-state index is -0.643. The van der Waals surface area contributed by atoms with Gasteiger partial charge >= 0.3 is 0 Å². The van der Waals surface area contributed by atoms with Gasteiger partial charge in [0, 0.05) is 30.6 Å². The molecule has 0 radical (unpaired) electrons. The quantitative estimate of drug-likeness (QED) is 0.455. The Morgan fingerprint density at radius 3 is 2.88 bits per heavy atom. The van der Waals surface area contributed by atoms with Crippen molar-refractivity contribution in [3.05, 3.63) is 52.0 Å². The first kappa shape index (κ1) is 26.6. The molecule has 3 rings (SSSR count). The Kier molecular flexibility index (Phi) is 10.3. The van der Waals surface area contributed by atoms with Crippen LogP contribution in [0.2, 0.25) is 0 Å². The van der Waals surface area contributed by atoms with Crippen LogP contribution in [-0.2, 0) is 16.0 Å². The summed E-state index contributed by atoms with van der Waals surface area (Å²) in [5.74, 6) is 0.518. The predicted octanol–water partition coefficient (Wildman–Crippen LogP) is 4.14. The molecule has 0 saturated heterocycles. The summed E-state index contributed by atoms with van der Waals surface area (Å²) in [7, 11) is 0. The fourth-order valence-electron chi connectivity index (χ4n) is 4.23. The summed E-state index contributed by atoms with van der Waals surface area (Å²) in [6.07, 6.45) is 1.05. The van der Waals surface area contributed by atoms with Gasteiger partial charge in [-0.25, -0.2) is 4.39 Å². The second-order valence-corrected chi connectivity index (χ2v) is 10.2. The number of ether oxygens (including phenoxy) is 2. The van der Waals surface area contributed by atoms with E-state index in [0.717, 1.165) is 24.9 Å². The topological polar surface area (TPSA) is 62.2 Å². The Morgan fingerprint density at radius 2 is 2.15 bits per heavy atom. The normalized spacial score (nSPS) is 16.7. The summed E-state index contributed by atoms with van der Waals surface area (Å²) in [6, 6.07) is 7.90. The van der Waals surface area contributed by atoms with Crippen LogP contribution in [0.5, 0.6) is 5.75 Å². The van der Waals surface area contributed by atoms with E-state index < -0.39 is 6.10 Å². The molecule has 0 fully saturated rings. The van der Waals surface area contributed by atoms with E-state index in [0.29, 0.717) is 31.4 Å². The molecule has 1 aromatic heterocycles. The number of hydrogen-bond acceptors (Lipinski definition) is 6. The highest BCUT2D eigenvalue weighted by molar-refractivity contribution is 7.10. The van der Waals surface area contributed by atoms with Crippen molar-refractivity contribution in [2.24, 2.45) is 5.92 Å². The van der Waals surface area contributed by atoms with E-state index in [2.05, 4.69) is 26.8 Å². The van der Waals surface area contributed by atoms with E-state index in [1.807, 2.05) is 15.2 Å². The van der Waals surface area contributed by atoms with Gasteiger partial charge in [-0.15, -0.1) is 11.3 Å². The summed E-state index contributed by atoms with van der Waals surface area (Å²) < 4.78 is 25.1. The lowest BCUT2D eigenvalue weighted by Crippen LogP contribution is -2.48. The number of carbonyl (C=O) groups excluding carboxylic acids is 1. The Balaban J connectivity index is 1.65. The second-order valence-electron chi connectivity index (χ2n) is 9.24. The van der Waals surface area contributed by atoms with E-state index in [1.165, 1.54) is 17.0 Å². The van der Waals surface area contributed by atoms with E-state index in [4.69, 9.17) is 9.47 Å². The van der Waals surface area contributed by atoms with Crippen molar-refractivity contribution in [1.82, 2.24) is 9.80 Å². The van der Waals surface area contributed by atoms with Crippen molar-refractivity contribution < 1.29 is 23.8 Å². The van der Waals surface area contributed by atoms with E-state index in [1.54, 1.807) is 23.5 Å². The Bertz CT molecular complexity index is 906. The van der Waals surface area contributed by atoms with Gasteiger partial charge in [0.05, 0.1) is 25.3 Å². The van der Waals surface area contributed by atoms with Crippen LogP contribution in [-0.4, -0.2) is 72.9 Å². The van der Waals surface area contributed by atoms with Crippen LogP contribution in [0.25, 0.3) is 0 Å². The number of aliphatic hydroxyl groups is 1. The molecule has 6 nitrogen and oxygen atoms in total. The van der Waals surface area contributed by atoms with Crippen LogP contribution >= 0.6 is 11.3 Å². The Hall–Kier alpha value is -2.00. The predicted molar refractivity (Wildman–Crippen MR) is 133 cm³/mol. The van der Waals surface area contributed by atoms with E-state index in [9.17, 15) is 14.3 Å². The largest absolute Gasteiger partial charge is 0.491 e. The number of fused-ring (bicyclic) bond motifs is 1. The van der Waals surface area contributed by atoms with Crippen molar-refractivity contribution in [2.75, 3.05) is 46.0 Å². The van der Waals surface area contributed by atoms with Crippen molar-refractivity contribution >= 4 is 17.2 Å². The molecule has 188 valence electrons. The number of carbonyl (C=O) groups is 1. The molecule has 2 heterocycles. The van der Waals surface area contributed by atoms with E-state index >= 15 is 0 Å². The summed E-state index contributed by atoms with van der Waals surface area (Å²) in [5.41, 5.74) is 1.10. The van der Waals surface area contributed by atoms with Gasteiger partial charge in [0.15, 0.2) is 0 Å². The van der Waals surface area contributed by atoms with E-state index in [-0.39, 0.29) is 37.5 Å². The minimum Gasteiger partial charge on any atom is -0.491 e. The van der Waals surface area contributed by atoms with Crippen LogP contribution in [0, 0.1) is 11.7 Å². The molecule has 0 saturated carbocycles. The number of hydrogen-bond donors (Lipinski definition) is 1. The second kappa shape index (κ2) is 13.2.